The minimum Gasteiger partial charge on any atom is -0.378 e. The summed E-state index contributed by atoms with van der Waals surface area (Å²) in [6.45, 7) is 2.62. The van der Waals surface area contributed by atoms with E-state index in [2.05, 4.69) is 33.6 Å². The van der Waals surface area contributed by atoms with Gasteiger partial charge in [0, 0.05) is 18.0 Å². The van der Waals surface area contributed by atoms with Crippen molar-refractivity contribution < 1.29 is 8.57 Å². The van der Waals surface area contributed by atoms with Crippen molar-refractivity contribution in [3.63, 3.8) is 0 Å². The topological polar surface area (TPSA) is 21.3 Å². The molecule has 2 rings (SSSR count). The van der Waals surface area contributed by atoms with E-state index in [-0.39, 0.29) is 11.9 Å². The Hall–Kier alpha value is -1.09. The van der Waals surface area contributed by atoms with Gasteiger partial charge in [0.2, 0.25) is 0 Å². The molecule has 0 saturated carbocycles. The zero-order valence-corrected chi connectivity index (χ0v) is 14.1. The molecule has 0 bridgehead atoms. The summed E-state index contributed by atoms with van der Waals surface area (Å²) in [6, 6.07) is 12.9. The van der Waals surface area contributed by atoms with Crippen LogP contribution in [0.25, 0.3) is 0 Å². The Morgan fingerprint density at radius 2 is 2.05 bits per heavy atom. The Bertz CT molecular complexity index is 609. The maximum absolute atomic E-state index is 13.4. The zero-order valence-electron chi connectivity index (χ0n) is 12.1. The smallest absolute Gasteiger partial charge is 0.125 e. The molecular weight excluding hydrogens is 304 g/mol. The van der Waals surface area contributed by atoms with Gasteiger partial charge in [0.25, 0.3) is 0 Å². The average Bonchev–Trinajstić information content (AvgIpc) is 2.49. The van der Waals surface area contributed by atoms with Crippen molar-refractivity contribution in [3.8, 4) is 0 Å². The largest absolute Gasteiger partial charge is 0.378 e. The standard InChI is InChI=1S/C16H19FNOPS/c1-11(18-15-9-13(17)7-8-16(15)20)14-6-4-3-5-12(14)10-19-21-2/h3-9,11,18H,10,20H2,1-2H3. The highest BCUT2D eigenvalue weighted by Crippen LogP contribution is 2.24. The van der Waals surface area contributed by atoms with Crippen molar-refractivity contribution in [1.82, 2.24) is 0 Å². The molecule has 0 spiro atoms. The van der Waals surface area contributed by atoms with E-state index in [0.717, 1.165) is 22.1 Å². The van der Waals surface area contributed by atoms with Gasteiger partial charge in [-0.1, -0.05) is 30.3 Å². The van der Waals surface area contributed by atoms with Crippen molar-refractivity contribution >= 4 is 32.3 Å². The summed E-state index contributed by atoms with van der Waals surface area (Å²) >= 11 is 1.35. The lowest BCUT2D eigenvalue weighted by Gasteiger charge is -2.20. The molecule has 2 atom stereocenters. The first-order valence-electron chi connectivity index (χ1n) is 6.66. The number of rotatable bonds is 6. The molecule has 0 radical (unpaired) electrons. The van der Waals surface area contributed by atoms with Crippen LogP contribution < -0.4 is 10.6 Å². The lowest BCUT2D eigenvalue weighted by molar-refractivity contribution is 0.363. The molecule has 5 heteroatoms. The fraction of sp³-hybridized carbons (Fsp3) is 0.250. The van der Waals surface area contributed by atoms with Crippen LogP contribution >= 0.6 is 21.3 Å². The van der Waals surface area contributed by atoms with Crippen molar-refractivity contribution in [2.24, 2.45) is 0 Å². The van der Waals surface area contributed by atoms with Crippen LogP contribution in [0.1, 0.15) is 24.1 Å². The molecule has 112 valence electrons. The van der Waals surface area contributed by atoms with E-state index in [1.807, 2.05) is 18.4 Å². The molecule has 0 fully saturated rings. The van der Waals surface area contributed by atoms with Gasteiger partial charge >= 0.3 is 0 Å². The van der Waals surface area contributed by atoms with Gasteiger partial charge in [-0.05, 0) is 47.5 Å². The van der Waals surface area contributed by atoms with E-state index in [1.54, 1.807) is 6.07 Å². The summed E-state index contributed by atoms with van der Waals surface area (Å²) < 4.78 is 18.8. The van der Waals surface area contributed by atoms with E-state index in [0.29, 0.717) is 6.61 Å². The minimum atomic E-state index is -0.241. The van der Waals surface area contributed by atoms with Crippen molar-refractivity contribution in [2.45, 2.75) is 19.6 Å². The van der Waals surface area contributed by atoms with E-state index < -0.39 is 0 Å². The normalized spacial score (nSPS) is 12.2. The highest BCUT2D eigenvalue weighted by molar-refractivity contribution is 7.93. The molecule has 0 saturated heterocycles. The van der Waals surface area contributed by atoms with Crippen LogP contribution in [0.3, 0.4) is 0 Å². The van der Waals surface area contributed by atoms with E-state index in [1.165, 1.54) is 24.2 Å². The lowest BCUT2D eigenvalue weighted by atomic mass is 10.0. The molecule has 0 aromatic heterocycles. The van der Waals surface area contributed by atoms with E-state index in [9.17, 15) is 4.39 Å². The summed E-state index contributed by atoms with van der Waals surface area (Å²) in [5.74, 6) is -0.241. The molecule has 2 aromatic rings. The Labute approximate surface area is 131 Å². The minimum absolute atomic E-state index is 0.0627. The van der Waals surface area contributed by atoms with Crippen LogP contribution in [-0.4, -0.2) is 6.26 Å². The Kier molecular flexibility index (Phi) is 6.04. The van der Waals surface area contributed by atoms with Gasteiger partial charge in [0.1, 0.15) is 5.82 Å². The number of benzene rings is 2. The highest BCUT2D eigenvalue weighted by atomic mass is 32.2. The molecule has 0 heterocycles. The van der Waals surface area contributed by atoms with Crippen molar-refractivity contribution in [3.05, 3.63) is 59.4 Å². The van der Waals surface area contributed by atoms with Gasteiger partial charge in [0.05, 0.1) is 6.61 Å². The molecule has 0 aliphatic heterocycles. The first-order valence-corrected chi connectivity index (χ1v) is 8.39. The lowest BCUT2D eigenvalue weighted by Crippen LogP contribution is -2.13. The van der Waals surface area contributed by atoms with E-state index >= 15 is 0 Å². The van der Waals surface area contributed by atoms with Gasteiger partial charge in [0.15, 0.2) is 0 Å². The summed E-state index contributed by atoms with van der Waals surface area (Å²) in [5.41, 5.74) is 3.07. The van der Waals surface area contributed by atoms with Crippen molar-refractivity contribution in [2.75, 3.05) is 11.6 Å². The summed E-state index contributed by atoms with van der Waals surface area (Å²) in [4.78, 5) is 0. The average molecular weight is 323 g/mol. The third kappa shape index (κ3) is 4.44. The summed E-state index contributed by atoms with van der Waals surface area (Å²) in [5, 5.41) is 4.31. The maximum atomic E-state index is 13.4. The molecule has 0 aliphatic rings. The fourth-order valence-corrected chi connectivity index (χ4v) is 2.68. The van der Waals surface area contributed by atoms with Crippen LogP contribution in [-0.2, 0) is 10.8 Å². The maximum Gasteiger partial charge on any atom is 0.125 e. The van der Waals surface area contributed by atoms with Crippen LogP contribution in [0, 0.1) is 5.82 Å². The number of halogens is 1. The number of anilines is 1. The number of hydrogen-bond acceptors (Lipinski definition) is 3. The molecule has 0 amide bonds. The van der Waals surface area contributed by atoms with Crippen LogP contribution in [0.15, 0.2) is 42.5 Å². The van der Waals surface area contributed by atoms with Crippen LogP contribution in [0.5, 0.6) is 0 Å². The van der Waals surface area contributed by atoms with Gasteiger partial charge in [-0.25, -0.2) is 4.39 Å². The van der Waals surface area contributed by atoms with Crippen LogP contribution in [0.2, 0.25) is 0 Å². The first-order chi connectivity index (χ1) is 10.1. The Balaban J connectivity index is 2.20. The van der Waals surface area contributed by atoms with Gasteiger partial charge in [-0.3, -0.25) is 0 Å². The second-order valence-electron chi connectivity index (χ2n) is 4.73. The molecule has 0 aliphatic carbocycles. The molecule has 2 nitrogen and oxygen atoms in total. The summed E-state index contributed by atoms with van der Waals surface area (Å²) in [7, 11) is 2.62. The molecular formula is C16H19FNOPS. The van der Waals surface area contributed by atoms with Gasteiger partial charge in [-0.2, -0.15) is 0 Å². The SMILES string of the molecule is CSOCc1ccccc1C(C)Nc1cc(F)ccc1P. The van der Waals surface area contributed by atoms with Gasteiger partial charge in [-0.15, -0.1) is 9.24 Å². The second-order valence-corrected chi connectivity index (χ2v) is 5.92. The molecule has 2 unspecified atom stereocenters. The molecule has 21 heavy (non-hydrogen) atoms. The highest BCUT2D eigenvalue weighted by Gasteiger charge is 2.12. The molecule has 2 aromatic carbocycles. The van der Waals surface area contributed by atoms with Gasteiger partial charge < -0.3 is 9.50 Å². The Morgan fingerprint density at radius 3 is 2.81 bits per heavy atom. The molecule has 1 N–H and O–H groups in total. The van der Waals surface area contributed by atoms with Crippen LogP contribution in [0.4, 0.5) is 10.1 Å². The van der Waals surface area contributed by atoms with E-state index in [4.69, 9.17) is 4.18 Å². The Morgan fingerprint density at radius 1 is 1.29 bits per heavy atom. The third-order valence-electron chi connectivity index (χ3n) is 3.24. The van der Waals surface area contributed by atoms with Crippen molar-refractivity contribution in [1.29, 1.82) is 0 Å². The second kappa shape index (κ2) is 7.79. The summed E-state index contributed by atoms with van der Waals surface area (Å²) in [6.07, 6.45) is 1.90. The zero-order chi connectivity index (χ0) is 15.2. The number of hydrogen-bond donors (Lipinski definition) is 1. The first kappa shape index (κ1) is 16.3. The number of nitrogens with one attached hydrogen (secondary N) is 1. The third-order valence-corrected chi connectivity index (χ3v) is 4.10. The fourth-order valence-electron chi connectivity index (χ4n) is 2.17. The predicted octanol–water partition coefficient (Wildman–Crippen LogP) is 4.29. The quantitative estimate of drug-likeness (QED) is 0.633. The monoisotopic (exact) mass is 323 g/mol. The predicted molar refractivity (Wildman–Crippen MR) is 92.5 cm³/mol.